The van der Waals surface area contributed by atoms with Crippen LogP contribution in [0.1, 0.15) is 19.7 Å². The second-order valence-electron chi connectivity index (χ2n) is 6.20. The summed E-state index contributed by atoms with van der Waals surface area (Å²) in [5.74, 6) is 1.42. The van der Waals surface area contributed by atoms with Crippen LogP contribution < -0.4 is 4.74 Å². The minimum atomic E-state index is 0.311. The van der Waals surface area contributed by atoms with Gasteiger partial charge in [-0.25, -0.2) is 4.98 Å². The van der Waals surface area contributed by atoms with Gasteiger partial charge >= 0.3 is 0 Å². The van der Waals surface area contributed by atoms with Crippen molar-refractivity contribution in [2.45, 2.75) is 27.0 Å². The van der Waals surface area contributed by atoms with Gasteiger partial charge in [-0.05, 0) is 49.5 Å². The smallest absolute Gasteiger partial charge is 0.148 e. The molecule has 0 spiro atoms. The first-order valence-corrected chi connectivity index (χ1v) is 10.1. The first-order valence-electron chi connectivity index (χ1n) is 8.96. The van der Waals surface area contributed by atoms with E-state index in [0.717, 1.165) is 43.0 Å². The number of hydrogen-bond donors (Lipinski definition) is 0. The van der Waals surface area contributed by atoms with E-state index >= 15 is 0 Å². The maximum atomic E-state index is 6.21. The molecule has 3 aromatic rings. The van der Waals surface area contributed by atoms with E-state index in [9.17, 15) is 0 Å². The molecule has 27 heavy (non-hydrogen) atoms. The summed E-state index contributed by atoms with van der Waals surface area (Å²) in [6.07, 6.45) is 0. The SMILES string of the molecule is CCN(CC)CCn1c(COc2ccc(Cl)cc2Cl)nc2ccc(Cl)cc21. The molecule has 1 aromatic heterocycles. The van der Waals surface area contributed by atoms with Crippen molar-refractivity contribution in [1.29, 1.82) is 0 Å². The highest BCUT2D eigenvalue weighted by atomic mass is 35.5. The topological polar surface area (TPSA) is 30.3 Å². The van der Waals surface area contributed by atoms with Crippen LogP contribution in [-0.2, 0) is 13.2 Å². The summed E-state index contributed by atoms with van der Waals surface area (Å²) in [5, 5.41) is 1.75. The summed E-state index contributed by atoms with van der Waals surface area (Å²) in [4.78, 5) is 7.11. The molecule has 0 fully saturated rings. The Morgan fingerprint density at radius 2 is 1.70 bits per heavy atom. The second-order valence-corrected chi connectivity index (χ2v) is 7.48. The van der Waals surface area contributed by atoms with E-state index in [0.29, 0.717) is 27.4 Å². The molecule has 0 saturated heterocycles. The molecule has 0 aliphatic rings. The number of likely N-dealkylation sites (N-methyl/N-ethyl adjacent to an activating group) is 1. The number of ether oxygens (including phenoxy) is 1. The van der Waals surface area contributed by atoms with Crippen LogP contribution in [0.15, 0.2) is 36.4 Å². The molecule has 3 rings (SSSR count). The molecule has 0 unspecified atom stereocenters. The van der Waals surface area contributed by atoms with Gasteiger partial charge in [-0.2, -0.15) is 0 Å². The van der Waals surface area contributed by atoms with Gasteiger partial charge in [0.1, 0.15) is 18.2 Å². The van der Waals surface area contributed by atoms with Gasteiger partial charge in [-0.15, -0.1) is 0 Å². The Morgan fingerprint density at radius 1 is 1.00 bits per heavy atom. The van der Waals surface area contributed by atoms with Gasteiger partial charge in [-0.3, -0.25) is 0 Å². The van der Waals surface area contributed by atoms with E-state index in [1.165, 1.54) is 0 Å². The van der Waals surface area contributed by atoms with Gasteiger partial charge in [0.05, 0.1) is 16.1 Å². The number of fused-ring (bicyclic) bond motifs is 1. The van der Waals surface area contributed by atoms with Crippen molar-refractivity contribution in [2.24, 2.45) is 0 Å². The van der Waals surface area contributed by atoms with E-state index in [2.05, 4.69) is 23.3 Å². The van der Waals surface area contributed by atoms with Crippen LogP contribution >= 0.6 is 34.8 Å². The molecule has 144 valence electrons. The molecule has 2 aromatic carbocycles. The van der Waals surface area contributed by atoms with Gasteiger partial charge in [-0.1, -0.05) is 48.7 Å². The van der Waals surface area contributed by atoms with E-state index in [1.807, 2.05) is 18.2 Å². The lowest BCUT2D eigenvalue weighted by molar-refractivity contribution is 0.271. The summed E-state index contributed by atoms with van der Waals surface area (Å²) in [6, 6.07) is 10.9. The van der Waals surface area contributed by atoms with Gasteiger partial charge in [0.25, 0.3) is 0 Å². The van der Waals surface area contributed by atoms with Crippen LogP contribution in [0, 0.1) is 0 Å². The number of hydrogen-bond acceptors (Lipinski definition) is 3. The molecule has 4 nitrogen and oxygen atoms in total. The third kappa shape index (κ3) is 4.88. The third-order valence-corrected chi connectivity index (χ3v) is 5.34. The lowest BCUT2D eigenvalue weighted by Gasteiger charge is -2.19. The molecule has 0 radical (unpaired) electrons. The molecule has 7 heteroatoms. The number of nitrogens with zero attached hydrogens (tertiary/aromatic N) is 3. The zero-order valence-corrected chi connectivity index (χ0v) is 17.7. The second kappa shape index (κ2) is 9.16. The zero-order chi connectivity index (χ0) is 19.4. The van der Waals surface area contributed by atoms with Gasteiger partial charge in [0, 0.05) is 23.1 Å². The monoisotopic (exact) mass is 425 g/mol. The van der Waals surface area contributed by atoms with Crippen LogP contribution in [-0.4, -0.2) is 34.1 Å². The molecule has 0 bridgehead atoms. The van der Waals surface area contributed by atoms with Crippen molar-refractivity contribution in [3.8, 4) is 5.75 Å². The molecule has 1 heterocycles. The maximum absolute atomic E-state index is 6.21. The lowest BCUT2D eigenvalue weighted by Crippen LogP contribution is -2.27. The normalized spacial score (nSPS) is 11.5. The Kier molecular flexibility index (Phi) is 6.88. The highest BCUT2D eigenvalue weighted by Gasteiger charge is 2.14. The van der Waals surface area contributed by atoms with Crippen molar-refractivity contribution in [1.82, 2.24) is 14.5 Å². The lowest BCUT2D eigenvalue weighted by atomic mass is 10.3. The highest BCUT2D eigenvalue weighted by Crippen LogP contribution is 2.29. The Balaban J connectivity index is 1.87. The summed E-state index contributed by atoms with van der Waals surface area (Å²) < 4.78 is 8.09. The highest BCUT2D eigenvalue weighted by molar-refractivity contribution is 6.35. The summed E-state index contributed by atoms with van der Waals surface area (Å²) in [5.41, 5.74) is 1.91. The average Bonchev–Trinajstić information content (AvgIpc) is 2.99. The Bertz CT molecular complexity index is 922. The molecule has 0 atom stereocenters. The average molecular weight is 427 g/mol. The van der Waals surface area contributed by atoms with Crippen LogP contribution in [0.3, 0.4) is 0 Å². The number of rotatable bonds is 8. The van der Waals surface area contributed by atoms with Crippen molar-refractivity contribution < 1.29 is 4.74 Å². The summed E-state index contributed by atoms with van der Waals surface area (Å²) in [7, 11) is 0. The van der Waals surface area contributed by atoms with Crippen LogP contribution in [0.2, 0.25) is 15.1 Å². The molecule has 0 aliphatic carbocycles. The quantitative estimate of drug-likeness (QED) is 0.448. The van der Waals surface area contributed by atoms with E-state index < -0.39 is 0 Å². The Morgan fingerprint density at radius 3 is 2.41 bits per heavy atom. The molecule has 0 aliphatic heterocycles. The minimum Gasteiger partial charge on any atom is -0.484 e. The van der Waals surface area contributed by atoms with E-state index in [4.69, 9.17) is 44.5 Å². The number of benzene rings is 2. The number of imidazole rings is 1. The minimum absolute atomic E-state index is 0.311. The third-order valence-electron chi connectivity index (χ3n) is 4.57. The molecule has 0 N–H and O–H groups in total. The predicted molar refractivity (Wildman–Crippen MR) is 113 cm³/mol. The number of halogens is 3. The van der Waals surface area contributed by atoms with Crippen molar-refractivity contribution >= 4 is 45.8 Å². The first kappa shape index (κ1) is 20.3. The van der Waals surface area contributed by atoms with Gasteiger partial charge < -0.3 is 14.2 Å². The Hall–Kier alpha value is -1.46. The zero-order valence-electron chi connectivity index (χ0n) is 15.4. The fourth-order valence-electron chi connectivity index (χ4n) is 3.02. The van der Waals surface area contributed by atoms with E-state index in [1.54, 1.807) is 18.2 Å². The van der Waals surface area contributed by atoms with Crippen LogP contribution in [0.25, 0.3) is 11.0 Å². The Labute approximate surface area is 174 Å². The fraction of sp³-hybridized carbons (Fsp3) is 0.350. The van der Waals surface area contributed by atoms with Crippen molar-refractivity contribution in [3.05, 3.63) is 57.3 Å². The molecule has 0 amide bonds. The predicted octanol–water partition coefficient (Wildman–Crippen LogP) is 5.92. The molecular weight excluding hydrogens is 405 g/mol. The standard InChI is InChI=1S/C20H22Cl3N3O/c1-3-25(4-2)9-10-26-18-12-15(22)5-7-17(18)24-20(26)13-27-19-8-6-14(21)11-16(19)23/h5-8,11-12H,3-4,9-10,13H2,1-2H3. The van der Waals surface area contributed by atoms with Gasteiger partial charge in [0.15, 0.2) is 0 Å². The fourth-order valence-corrected chi connectivity index (χ4v) is 3.65. The summed E-state index contributed by atoms with van der Waals surface area (Å²) >= 11 is 18.4. The number of aromatic nitrogens is 2. The molecular formula is C20H22Cl3N3O. The maximum Gasteiger partial charge on any atom is 0.148 e. The largest absolute Gasteiger partial charge is 0.484 e. The summed E-state index contributed by atoms with van der Waals surface area (Å²) in [6.45, 7) is 8.40. The van der Waals surface area contributed by atoms with Crippen LogP contribution in [0.4, 0.5) is 0 Å². The van der Waals surface area contributed by atoms with Gasteiger partial charge in [0.2, 0.25) is 0 Å². The van der Waals surface area contributed by atoms with Crippen molar-refractivity contribution in [3.63, 3.8) is 0 Å². The van der Waals surface area contributed by atoms with Crippen LogP contribution in [0.5, 0.6) is 5.75 Å². The molecule has 0 saturated carbocycles. The van der Waals surface area contributed by atoms with E-state index in [-0.39, 0.29) is 0 Å². The first-order chi connectivity index (χ1) is 13.0. The van der Waals surface area contributed by atoms with Crippen molar-refractivity contribution in [2.75, 3.05) is 19.6 Å².